The summed E-state index contributed by atoms with van der Waals surface area (Å²) in [6, 6.07) is 0. The van der Waals surface area contributed by atoms with E-state index in [1.54, 1.807) is 0 Å². The van der Waals surface area contributed by atoms with Gasteiger partial charge in [0, 0.05) is 6.54 Å². The zero-order valence-corrected chi connectivity index (χ0v) is 7.14. The van der Waals surface area contributed by atoms with E-state index < -0.39 is 0 Å². The fourth-order valence-corrected chi connectivity index (χ4v) is 1.28. The molecule has 1 aliphatic rings. The first-order chi connectivity index (χ1) is 5.29. The molecule has 0 saturated carbocycles. The zero-order valence-electron chi connectivity index (χ0n) is 7.14. The molecule has 0 amide bonds. The molecule has 0 spiro atoms. The molecular weight excluding hydrogens is 138 g/mol. The van der Waals surface area contributed by atoms with Crippen molar-refractivity contribution >= 4 is 0 Å². The van der Waals surface area contributed by atoms with Crippen LogP contribution in [0.2, 0.25) is 0 Å². The molecule has 0 saturated heterocycles. The van der Waals surface area contributed by atoms with Crippen molar-refractivity contribution in [2.75, 3.05) is 13.1 Å². The van der Waals surface area contributed by atoms with Gasteiger partial charge in [-0.2, -0.15) is 0 Å². The molecule has 0 aromatic rings. The normalized spacial score (nSPS) is 21.1. The maximum Gasteiger partial charge on any atom is 0.0515 e. The third-order valence-electron chi connectivity index (χ3n) is 1.99. The first kappa shape index (κ1) is 8.75. The summed E-state index contributed by atoms with van der Waals surface area (Å²) in [7, 11) is 0. The number of nitrogens with one attached hydrogen (secondary N) is 1. The summed E-state index contributed by atoms with van der Waals surface area (Å²) in [5.41, 5.74) is 1.46. The van der Waals surface area contributed by atoms with Crippen molar-refractivity contribution in [2.45, 2.75) is 32.3 Å². The van der Waals surface area contributed by atoms with Crippen molar-refractivity contribution in [1.82, 2.24) is 5.32 Å². The van der Waals surface area contributed by atoms with Crippen LogP contribution in [0.15, 0.2) is 11.6 Å². The first-order valence-corrected chi connectivity index (χ1v) is 4.35. The highest BCUT2D eigenvalue weighted by Gasteiger charge is 2.03. The smallest absolute Gasteiger partial charge is 0.0515 e. The van der Waals surface area contributed by atoms with Gasteiger partial charge in [-0.25, -0.2) is 0 Å². The van der Waals surface area contributed by atoms with E-state index in [9.17, 15) is 0 Å². The van der Waals surface area contributed by atoms with Gasteiger partial charge in [-0.05, 0) is 32.7 Å². The predicted molar refractivity (Wildman–Crippen MR) is 46.5 cm³/mol. The van der Waals surface area contributed by atoms with Crippen LogP contribution < -0.4 is 5.32 Å². The molecule has 1 unspecified atom stereocenters. The van der Waals surface area contributed by atoms with E-state index in [0.29, 0.717) is 0 Å². The van der Waals surface area contributed by atoms with Gasteiger partial charge in [0.25, 0.3) is 0 Å². The Morgan fingerprint density at radius 2 is 2.55 bits per heavy atom. The monoisotopic (exact) mass is 155 g/mol. The SMILES string of the molecule is CC(O)CCC1=CCCNC1. The van der Waals surface area contributed by atoms with Gasteiger partial charge < -0.3 is 10.4 Å². The molecule has 1 aliphatic heterocycles. The first-order valence-electron chi connectivity index (χ1n) is 4.35. The standard InChI is InChI=1S/C9H17NO/c1-8(11)4-5-9-3-2-6-10-7-9/h3,8,10-11H,2,4-7H2,1H3. The molecule has 0 aromatic carbocycles. The third kappa shape index (κ3) is 3.54. The van der Waals surface area contributed by atoms with E-state index in [0.717, 1.165) is 32.4 Å². The molecule has 0 aromatic heterocycles. The van der Waals surface area contributed by atoms with E-state index in [1.165, 1.54) is 5.57 Å². The minimum atomic E-state index is -0.155. The van der Waals surface area contributed by atoms with Gasteiger partial charge >= 0.3 is 0 Å². The Balaban J connectivity index is 2.19. The molecule has 1 rings (SSSR count). The summed E-state index contributed by atoms with van der Waals surface area (Å²) < 4.78 is 0. The van der Waals surface area contributed by atoms with Crippen molar-refractivity contribution in [3.63, 3.8) is 0 Å². The summed E-state index contributed by atoms with van der Waals surface area (Å²) in [5, 5.41) is 12.3. The average molecular weight is 155 g/mol. The second-order valence-corrected chi connectivity index (χ2v) is 3.22. The Morgan fingerprint density at radius 3 is 3.09 bits per heavy atom. The van der Waals surface area contributed by atoms with E-state index in [2.05, 4.69) is 11.4 Å². The summed E-state index contributed by atoms with van der Waals surface area (Å²) in [6.07, 6.45) is 5.23. The van der Waals surface area contributed by atoms with Gasteiger partial charge in [0.15, 0.2) is 0 Å². The minimum absolute atomic E-state index is 0.155. The van der Waals surface area contributed by atoms with Gasteiger partial charge in [-0.3, -0.25) is 0 Å². The van der Waals surface area contributed by atoms with E-state index in [1.807, 2.05) is 6.92 Å². The minimum Gasteiger partial charge on any atom is -0.393 e. The van der Waals surface area contributed by atoms with Crippen LogP contribution >= 0.6 is 0 Å². The van der Waals surface area contributed by atoms with Gasteiger partial charge in [0.05, 0.1) is 6.10 Å². The quantitative estimate of drug-likeness (QED) is 0.597. The molecule has 0 bridgehead atoms. The predicted octanol–water partition coefficient (Wildman–Crippen LogP) is 1.07. The molecule has 1 atom stereocenters. The van der Waals surface area contributed by atoms with Gasteiger partial charge in [0.1, 0.15) is 0 Å². The maximum absolute atomic E-state index is 9.04. The molecule has 0 fully saturated rings. The van der Waals surface area contributed by atoms with Crippen LogP contribution in [0.3, 0.4) is 0 Å². The number of aliphatic hydroxyl groups is 1. The molecular formula is C9H17NO. The van der Waals surface area contributed by atoms with Crippen LogP contribution in [0, 0.1) is 0 Å². The molecule has 2 heteroatoms. The fraction of sp³-hybridized carbons (Fsp3) is 0.778. The van der Waals surface area contributed by atoms with Gasteiger partial charge in [-0.15, -0.1) is 0 Å². The summed E-state index contributed by atoms with van der Waals surface area (Å²) in [5.74, 6) is 0. The van der Waals surface area contributed by atoms with Crippen LogP contribution in [0.25, 0.3) is 0 Å². The Bertz CT molecular complexity index is 140. The lowest BCUT2D eigenvalue weighted by molar-refractivity contribution is 0.184. The highest BCUT2D eigenvalue weighted by molar-refractivity contribution is 5.07. The van der Waals surface area contributed by atoms with Crippen molar-refractivity contribution < 1.29 is 5.11 Å². The van der Waals surface area contributed by atoms with Gasteiger partial charge in [-0.1, -0.05) is 11.6 Å². The largest absolute Gasteiger partial charge is 0.393 e. The van der Waals surface area contributed by atoms with E-state index in [4.69, 9.17) is 5.11 Å². The molecule has 11 heavy (non-hydrogen) atoms. The number of aliphatic hydroxyl groups excluding tert-OH is 1. The molecule has 0 aliphatic carbocycles. The molecule has 2 N–H and O–H groups in total. The summed E-state index contributed by atoms with van der Waals surface area (Å²) in [6.45, 7) is 3.97. The zero-order chi connectivity index (χ0) is 8.10. The summed E-state index contributed by atoms with van der Waals surface area (Å²) >= 11 is 0. The molecule has 2 nitrogen and oxygen atoms in total. The lowest BCUT2D eigenvalue weighted by atomic mass is 10.0. The highest BCUT2D eigenvalue weighted by atomic mass is 16.3. The topological polar surface area (TPSA) is 32.3 Å². The van der Waals surface area contributed by atoms with Crippen LogP contribution in [-0.4, -0.2) is 24.3 Å². The van der Waals surface area contributed by atoms with Crippen LogP contribution in [0.1, 0.15) is 26.2 Å². The summed E-state index contributed by atoms with van der Waals surface area (Å²) in [4.78, 5) is 0. The van der Waals surface area contributed by atoms with E-state index >= 15 is 0 Å². The Labute approximate surface area is 68.3 Å². The molecule has 64 valence electrons. The second-order valence-electron chi connectivity index (χ2n) is 3.22. The van der Waals surface area contributed by atoms with Crippen molar-refractivity contribution in [3.8, 4) is 0 Å². The van der Waals surface area contributed by atoms with Crippen LogP contribution in [0.4, 0.5) is 0 Å². The number of hydrogen-bond acceptors (Lipinski definition) is 2. The number of rotatable bonds is 3. The van der Waals surface area contributed by atoms with Gasteiger partial charge in [0.2, 0.25) is 0 Å². The Kier molecular flexibility index (Phi) is 3.60. The molecule has 1 heterocycles. The lowest BCUT2D eigenvalue weighted by Crippen LogP contribution is -2.22. The second kappa shape index (κ2) is 4.52. The Hall–Kier alpha value is -0.340. The Morgan fingerprint density at radius 1 is 1.73 bits per heavy atom. The lowest BCUT2D eigenvalue weighted by Gasteiger charge is -2.14. The van der Waals surface area contributed by atoms with Crippen LogP contribution in [0.5, 0.6) is 0 Å². The molecule has 0 radical (unpaired) electrons. The van der Waals surface area contributed by atoms with Crippen LogP contribution in [-0.2, 0) is 0 Å². The van der Waals surface area contributed by atoms with Crippen molar-refractivity contribution in [2.24, 2.45) is 0 Å². The highest BCUT2D eigenvalue weighted by Crippen LogP contribution is 2.09. The third-order valence-corrected chi connectivity index (χ3v) is 1.99. The average Bonchev–Trinajstić information content (AvgIpc) is 2.03. The van der Waals surface area contributed by atoms with Crippen molar-refractivity contribution in [3.05, 3.63) is 11.6 Å². The van der Waals surface area contributed by atoms with Crippen molar-refractivity contribution in [1.29, 1.82) is 0 Å². The fourth-order valence-electron chi connectivity index (χ4n) is 1.28. The van der Waals surface area contributed by atoms with E-state index in [-0.39, 0.29) is 6.10 Å². The number of hydrogen-bond donors (Lipinski definition) is 2. The maximum atomic E-state index is 9.04.